The van der Waals surface area contributed by atoms with Crippen molar-refractivity contribution in [3.63, 3.8) is 0 Å². The molecule has 1 aliphatic heterocycles. The van der Waals surface area contributed by atoms with Crippen LogP contribution < -0.4 is 0 Å². The third kappa shape index (κ3) is 3.93. The van der Waals surface area contributed by atoms with Gasteiger partial charge < -0.3 is 5.11 Å². The summed E-state index contributed by atoms with van der Waals surface area (Å²) >= 11 is 0. The summed E-state index contributed by atoms with van der Waals surface area (Å²) in [4.78, 5) is 13.0. The molecule has 0 spiro atoms. The van der Waals surface area contributed by atoms with Gasteiger partial charge in [0.05, 0.1) is 0 Å². The largest absolute Gasteiger partial charge is 0.478 e. The number of piperidine rings is 1. The monoisotopic (exact) mass is 259 g/mol. The molecule has 1 saturated heterocycles. The van der Waals surface area contributed by atoms with Crippen molar-refractivity contribution in [1.82, 2.24) is 4.90 Å². The van der Waals surface area contributed by atoms with E-state index >= 15 is 0 Å². The zero-order valence-corrected chi connectivity index (χ0v) is 11.6. The summed E-state index contributed by atoms with van der Waals surface area (Å²) in [6.45, 7) is 7.13. The summed E-state index contributed by atoms with van der Waals surface area (Å²) in [5.74, 6) is -0.821. The number of hydrogen-bond donors (Lipinski definition) is 1. The van der Waals surface area contributed by atoms with Crippen LogP contribution in [0.15, 0.2) is 29.8 Å². The number of rotatable bonds is 3. The highest BCUT2D eigenvalue weighted by atomic mass is 16.4. The molecule has 0 amide bonds. The molecule has 0 unspecified atom stereocenters. The Labute approximate surface area is 114 Å². The van der Waals surface area contributed by atoms with Crippen LogP contribution in [-0.2, 0) is 11.3 Å². The molecule has 1 aromatic rings. The van der Waals surface area contributed by atoms with Crippen molar-refractivity contribution in [3.8, 4) is 0 Å². The van der Waals surface area contributed by atoms with Gasteiger partial charge in [0.2, 0.25) is 0 Å². The molecule has 0 aromatic heterocycles. The standard InChI is InChI=1S/C16H21NO2/c1-12-3-4-15(13(2)9-12)11-17-7-5-14(6-8-17)10-16(18)19/h3-4,9-10H,5-8,11H2,1-2H3,(H,18,19). The van der Waals surface area contributed by atoms with E-state index in [1.165, 1.54) is 22.8 Å². The van der Waals surface area contributed by atoms with E-state index in [1.807, 2.05) is 0 Å². The van der Waals surface area contributed by atoms with Gasteiger partial charge in [-0.25, -0.2) is 4.79 Å². The van der Waals surface area contributed by atoms with Crippen molar-refractivity contribution in [2.45, 2.75) is 33.2 Å². The Bertz CT molecular complexity index is 495. The molecule has 1 N–H and O–H groups in total. The Hall–Kier alpha value is -1.61. The van der Waals surface area contributed by atoms with Gasteiger partial charge >= 0.3 is 5.97 Å². The van der Waals surface area contributed by atoms with Gasteiger partial charge in [0.1, 0.15) is 0 Å². The maximum atomic E-state index is 10.6. The number of nitrogens with zero attached hydrogens (tertiary/aromatic N) is 1. The highest BCUT2D eigenvalue weighted by Gasteiger charge is 2.15. The maximum absolute atomic E-state index is 10.6. The predicted molar refractivity (Wildman–Crippen MR) is 76.1 cm³/mol. The van der Waals surface area contributed by atoms with Crippen molar-refractivity contribution >= 4 is 5.97 Å². The molecular weight excluding hydrogens is 238 g/mol. The zero-order chi connectivity index (χ0) is 13.8. The summed E-state index contributed by atoms with van der Waals surface area (Å²) < 4.78 is 0. The number of carbonyl (C=O) groups is 1. The van der Waals surface area contributed by atoms with Crippen molar-refractivity contribution in [3.05, 3.63) is 46.5 Å². The molecule has 1 heterocycles. The normalized spacial score (nSPS) is 16.4. The minimum Gasteiger partial charge on any atom is -0.478 e. The summed E-state index contributed by atoms with van der Waals surface area (Å²) in [7, 11) is 0. The van der Waals surface area contributed by atoms with Gasteiger partial charge in [-0.05, 0) is 37.8 Å². The van der Waals surface area contributed by atoms with E-state index in [0.717, 1.165) is 38.0 Å². The van der Waals surface area contributed by atoms with Gasteiger partial charge in [0.15, 0.2) is 0 Å². The fourth-order valence-electron chi connectivity index (χ4n) is 2.58. The Balaban J connectivity index is 1.94. The summed E-state index contributed by atoms with van der Waals surface area (Å²) in [6, 6.07) is 6.57. The smallest absolute Gasteiger partial charge is 0.328 e. The Morgan fingerprint density at radius 1 is 1.32 bits per heavy atom. The second-order valence-corrected chi connectivity index (χ2v) is 5.35. The summed E-state index contributed by atoms with van der Waals surface area (Å²) in [5, 5.41) is 8.74. The molecule has 2 rings (SSSR count). The maximum Gasteiger partial charge on any atom is 0.328 e. The topological polar surface area (TPSA) is 40.5 Å². The van der Waals surface area contributed by atoms with Gasteiger partial charge in [-0.15, -0.1) is 0 Å². The van der Waals surface area contributed by atoms with Crippen LogP contribution in [0.2, 0.25) is 0 Å². The van der Waals surface area contributed by atoms with Crippen molar-refractivity contribution in [2.24, 2.45) is 0 Å². The summed E-state index contributed by atoms with van der Waals surface area (Å²) in [5.41, 5.74) is 5.07. The van der Waals surface area contributed by atoms with Crippen molar-refractivity contribution in [1.29, 1.82) is 0 Å². The number of hydrogen-bond acceptors (Lipinski definition) is 2. The fourth-order valence-corrected chi connectivity index (χ4v) is 2.58. The Morgan fingerprint density at radius 2 is 2.00 bits per heavy atom. The minimum absolute atomic E-state index is 0.821. The van der Waals surface area contributed by atoms with Gasteiger partial charge in [0.25, 0.3) is 0 Å². The number of benzene rings is 1. The second kappa shape index (κ2) is 6.02. The Morgan fingerprint density at radius 3 is 2.58 bits per heavy atom. The van der Waals surface area contributed by atoms with Crippen LogP contribution in [0.5, 0.6) is 0 Å². The molecule has 19 heavy (non-hydrogen) atoms. The lowest BCUT2D eigenvalue weighted by atomic mass is 10.0. The number of carboxylic acids is 1. The number of carboxylic acid groups (broad SMARTS) is 1. The number of aryl methyl sites for hydroxylation is 2. The first kappa shape index (κ1) is 13.8. The van der Waals surface area contributed by atoms with Crippen LogP contribution in [-0.4, -0.2) is 29.1 Å². The highest BCUT2D eigenvalue weighted by molar-refractivity contribution is 5.80. The third-order valence-electron chi connectivity index (χ3n) is 3.72. The molecule has 0 radical (unpaired) electrons. The lowest BCUT2D eigenvalue weighted by Crippen LogP contribution is -2.30. The molecule has 1 aliphatic rings. The molecule has 1 aromatic carbocycles. The molecular formula is C16H21NO2. The molecule has 0 bridgehead atoms. The van der Waals surface area contributed by atoms with Crippen LogP contribution in [0.1, 0.15) is 29.5 Å². The first-order valence-electron chi connectivity index (χ1n) is 6.75. The van der Waals surface area contributed by atoms with E-state index < -0.39 is 5.97 Å². The van der Waals surface area contributed by atoms with Crippen molar-refractivity contribution in [2.75, 3.05) is 13.1 Å². The van der Waals surface area contributed by atoms with E-state index in [-0.39, 0.29) is 0 Å². The van der Waals surface area contributed by atoms with E-state index in [1.54, 1.807) is 0 Å². The van der Waals surface area contributed by atoms with Gasteiger partial charge in [-0.2, -0.15) is 0 Å². The second-order valence-electron chi connectivity index (χ2n) is 5.35. The van der Waals surface area contributed by atoms with Crippen LogP contribution in [0.4, 0.5) is 0 Å². The zero-order valence-electron chi connectivity index (χ0n) is 11.6. The molecule has 1 fully saturated rings. The van der Waals surface area contributed by atoms with Crippen LogP contribution in [0, 0.1) is 13.8 Å². The first-order valence-corrected chi connectivity index (χ1v) is 6.75. The van der Waals surface area contributed by atoms with E-state index in [4.69, 9.17) is 5.11 Å². The fraction of sp³-hybridized carbons (Fsp3) is 0.438. The number of aliphatic carboxylic acids is 1. The molecule has 102 valence electrons. The SMILES string of the molecule is Cc1ccc(CN2CCC(=CC(=O)O)CC2)c(C)c1. The van der Waals surface area contributed by atoms with Crippen LogP contribution in [0.3, 0.4) is 0 Å². The Kier molecular flexibility index (Phi) is 4.38. The van der Waals surface area contributed by atoms with E-state index in [2.05, 4.69) is 36.9 Å². The quantitative estimate of drug-likeness (QED) is 0.848. The minimum atomic E-state index is -0.821. The van der Waals surface area contributed by atoms with Gasteiger partial charge in [-0.1, -0.05) is 29.3 Å². The lowest BCUT2D eigenvalue weighted by molar-refractivity contribution is -0.131. The average molecular weight is 259 g/mol. The summed E-state index contributed by atoms with van der Waals surface area (Å²) in [6.07, 6.45) is 3.11. The lowest BCUT2D eigenvalue weighted by Gasteiger charge is -2.28. The van der Waals surface area contributed by atoms with E-state index in [0.29, 0.717) is 0 Å². The molecule has 3 nitrogen and oxygen atoms in total. The molecule has 0 atom stereocenters. The third-order valence-corrected chi connectivity index (χ3v) is 3.72. The predicted octanol–water partition coefficient (Wildman–Crippen LogP) is 2.91. The molecule has 0 aliphatic carbocycles. The van der Waals surface area contributed by atoms with Crippen LogP contribution >= 0.6 is 0 Å². The number of likely N-dealkylation sites (tertiary alicyclic amines) is 1. The average Bonchev–Trinajstić information content (AvgIpc) is 2.34. The molecule has 0 saturated carbocycles. The van der Waals surface area contributed by atoms with Gasteiger partial charge in [-0.3, -0.25) is 4.90 Å². The van der Waals surface area contributed by atoms with Gasteiger partial charge in [0, 0.05) is 25.7 Å². The van der Waals surface area contributed by atoms with Crippen molar-refractivity contribution < 1.29 is 9.90 Å². The highest BCUT2D eigenvalue weighted by Crippen LogP contribution is 2.19. The first-order chi connectivity index (χ1) is 9.04. The molecule has 3 heteroatoms. The van der Waals surface area contributed by atoms with Crippen LogP contribution in [0.25, 0.3) is 0 Å². The van der Waals surface area contributed by atoms with E-state index in [9.17, 15) is 4.79 Å².